The monoisotopic (exact) mass is 328 g/mol. The lowest BCUT2D eigenvalue weighted by Gasteiger charge is -2.05. The van der Waals surface area contributed by atoms with Crippen LogP contribution in [0, 0.1) is 11.6 Å². The van der Waals surface area contributed by atoms with Crippen LogP contribution in [0.1, 0.15) is 23.7 Å². The molecular formula is C18H14F2N2O2. The third kappa shape index (κ3) is 3.17. The second-order valence-corrected chi connectivity index (χ2v) is 5.10. The summed E-state index contributed by atoms with van der Waals surface area (Å²) in [4.78, 5) is 16.0. The maximum atomic E-state index is 13.7. The van der Waals surface area contributed by atoms with Crippen molar-refractivity contribution in [3.05, 3.63) is 65.9 Å². The van der Waals surface area contributed by atoms with Crippen LogP contribution >= 0.6 is 0 Å². The molecular weight excluding hydrogens is 314 g/mol. The fraction of sp³-hybridized carbons (Fsp3) is 0.111. The van der Waals surface area contributed by atoms with Gasteiger partial charge in [0.05, 0.1) is 11.9 Å². The van der Waals surface area contributed by atoms with Gasteiger partial charge in [-0.3, -0.25) is 4.79 Å². The zero-order valence-corrected chi connectivity index (χ0v) is 12.8. The van der Waals surface area contributed by atoms with E-state index < -0.39 is 11.6 Å². The highest BCUT2D eigenvalue weighted by molar-refractivity contribution is 6.01. The van der Waals surface area contributed by atoms with Crippen molar-refractivity contribution in [1.82, 2.24) is 4.98 Å². The molecule has 3 rings (SSSR count). The Morgan fingerprint density at radius 3 is 2.79 bits per heavy atom. The molecule has 1 heterocycles. The molecule has 0 saturated heterocycles. The first-order chi connectivity index (χ1) is 11.6. The second kappa shape index (κ2) is 6.62. The summed E-state index contributed by atoms with van der Waals surface area (Å²) in [7, 11) is 0. The number of nitrogens with one attached hydrogen (secondary N) is 1. The first-order valence-corrected chi connectivity index (χ1v) is 7.39. The Bertz CT molecular complexity index is 890. The van der Waals surface area contributed by atoms with Crippen molar-refractivity contribution < 1.29 is 18.0 Å². The van der Waals surface area contributed by atoms with Crippen LogP contribution in [0.2, 0.25) is 0 Å². The largest absolute Gasteiger partial charge is 0.423 e. The van der Waals surface area contributed by atoms with E-state index in [-0.39, 0.29) is 17.5 Å². The number of carbonyl (C=O) groups excluding carboxylic acids is 1. The van der Waals surface area contributed by atoms with Gasteiger partial charge in [0.2, 0.25) is 0 Å². The number of anilines is 2. The highest BCUT2D eigenvalue weighted by Crippen LogP contribution is 2.28. The van der Waals surface area contributed by atoms with Crippen LogP contribution in [0.25, 0.3) is 11.3 Å². The van der Waals surface area contributed by atoms with Crippen molar-refractivity contribution >= 4 is 17.5 Å². The number of nitrogens with zero attached hydrogens (tertiary/aromatic N) is 1. The van der Waals surface area contributed by atoms with Gasteiger partial charge in [-0.15, -0.1) is 0 Å². The van der Waals surface area contributed by atoms with Gasteiger partial charge in [-0.1, -0.05) is 31.2 Å². The number of hydrogen-bond donors (Lipinski definition) is 1. The molecule has 0 bridgehead atoms. The summed E-state index contributed by atoms with van der Waals surface area (Å²) < 4.78 is 32.4. The minimum atomic E-state index is -0.627. The molecule has 0 aliphatic heterocycles. The van der Waals surface area contributed by atoms with Crippen LogP contribution in [0.5, 0.6) is 0 Å². The Morgan fingerprint density at radius 2 is 2.00 bits per heavy atom. The van der Waals surface area contributed by atoms with Crippen LogP contribution in [0.15, 0.2) is 53.1 Å². The van der Waals surface area contributed by atoms with Gasteiger partial charge < -0.3 is 9.73 Å². The number of oxazole rings is 1. The van der Waals surface area contributed by atoms with Crippen LogP contribution in [0.3, 0.4) is 0 Å². The maximum absolute atomic E-state index is 13.7. The molecule has 0 saturated carbocycles. The number of benzene rings is 2. The van der Waals surface area contributed by atoms with E-state index in [4.69, 9.17) is 4.42 Å². The van der Waals surface area contributed by atoms with E-state index in [1.165, 1.54) is 6.20 Å². The summed E-state index contributed by atoms with van der Waals surface area (Å²) >= 11 is 0. The minimum absolute atomic E-state index is 0.00764. The van der Waals surface area contributed by atoms with E-state index in [0.29, 0.717) is 23.3 Å². The fourth-order valence-corrected chi connectivity index (χ4v) is 2.30. The number of carbonyl (C=O) groups is 1. The molecule has 0 aliphatic carbocycles. The predicted octanol–water partition coefficient (Wildman–Crippen LogP) is 4.96. The van der Waals surface area contributed by atoms with Gasteiger partial charge in [0.1, 0.15) is 11.6 Å². The average Bonchev–Trinajstić information content (AvgIpc) is 3.06. The zero-order valence-electron chi connectivity index (χ0n) is 12.8. The summed E-state index contributed by atoms with van der Waals surface area (Å²) in [5, 5.41) is 2.59. The van der Waals surface area contributed by atoms with E-state index in [0.717, 1.165) is 18.2 Å². The fourth-order valence-electron chi connectivity index (χ4n) is 2.30. The second-order valence-electron chi connectivity index (χ2n) is 5.10. The highest BCUT2D eigenvalue weighted by Gasteiger charge is 2.15. The van der Waals surface area contributed by atoms with Gasteiger partial charge in [-0.2, -0.15) is 0 Å². The number of rotatable bonds is 5. The normalized spacial score (nSPS) is 10.6. The first-order valence-electron chi connectivity index (χ1n) is 7.39. The van der Waals surface area contributed by atoms with Crippen LogP contribution < -0.4 is 5.32 Å². The molecule has 1 N–H and O–H groups in total. The van der Waals surface area contributed by atoms with E-state index in [1.54, 1.807) is 31.2 Å². The standard InChI is InChI=1S/C18H14F2N2O2/c1-2-16(23)12-5-3-4-6-13(12)17-10-21-18(24-17)22-15-9-11(19)7-8-14(15)20/h3-10H,2H2,1H3,(H,21,22). The molecule has 24 heavy (non-hydrogen) atoms. The first kappa shape index (κ1) is 15.9. The molecule has 0 aliphatic rings. The summed E-state index contributed by atoms with van der Waals surface area (Å²) in [6.45, 7) is 1.78. The Morgan fingerprint density at radius 1 is 1.21 bits per heavy atom. The van der Waals surface area contributed by atoms with Crippen LogP contribution in [-0.4, -0.2) is 10.8 Å². The molecule has 3 aromatic rings. The Labute approximate surface area is 137 Å². The van der Waals surface area contributed by atoms with Crippen molar-refractivity contribution in [1.29, 1.82) is 0 Å². The van der Waals surface area contributed by atoms with E-state index in [2.05, 4.69) is 10.3 Å². The lowest BCUT2D eigenvalue weighted by atomic mass is 10.0. The molecule has 2 aromatic carbocycles. The molecule has 1 aromatic heterocycles. The highest BCUT2D eigenvalue weighted by atomic mass is 19.1. The number of hydrogen-bond acceptors (Lipinski definition) is 4. The molecule has 0 amide bonds. The molecule has 0 radical (unpaired) electrons. The van der Waals surface area contributed by atoms with Gasteiger partial charge in [0.25, 0.3) is 6.01 Å². The minimum Gasteiger partial charge on any atom is -0.423 e. The van der Waals surface area contributed by atoms with E-state index >= 15 is 0 Å². The summed E-state index contributed by atoms with van der Waals surface area (Å²) in [6, 6.07) is 10.1. The van der Waals surface area contributed by atoms with Gasteiger partial charge in [-0.25, -0.2) is 13.8 Å². The Balaban J connectivity index is 1.92. The third-order valence-corrected chi connectivity index (χ3v) is 3.49. The van der Waals surface area contributed by atoms with Crippen LogP contribution in [0.4, 0.5) is 20.5 Å². The molecule has 0 unspecified atom stereocenters. The van der Waals surface area contributed by atoms with Crippen molar-refractivity contribution in [3.8, 4) is 11.3 Å². The smallest absolute Gasteiger partial charge is 0.299 e. The van der Waals surface area contributed by atoms with E-state index in [9.17, 15) is 13.6 Å². The SMILES string of the molecule is CCC(=O)c1ccccc1-c1cnc(Nc2cc(F)ccc2F)o1. The molecule has 4 nitrogen and oxygen atoms in total. The Kier molecular flexibility index (Phi) is 4.37. The predicted molar refractivity (Wildman–Crippen MR) is 86.2 cm³/mol. The molecule has 0 spiro atoms. The topological polar surface area (TPSA) is 55.1 Å². The molecule has 6 heteroatoms. The van der Waals surface area contributed by atoms with Crippen molar-refractivity contribution in [2.24, 2.45) is 0 Å². The lowest BCUT2D eigenvalue weighted by Crippen LogP contribution is -1.98. The van der Waals surface area contributed by atoms with Crippen molar-refractivity contribution in [3.63, 3.8) is 0 Å². The summed E-state index contributed by atoms with van der Waals surface area (Å²) in [6.07, 6.45) is 1.80. The molecule has 0 atom stereocenters. The third-order valence-electron chi connectivity index (χ3n) is 3.49. The summed E-state index contributed by atoms with van der Waals surface area (Å²) in [5.41, 5.74) is 1.05. The maximum Gasteiger partial charge on any atom is 0.299 e. The Hall–Kier alpha value is -3.02. The lowest BCUT2D eigenvalue weighted by molar-refractivity contribution is 0.0988. The number of ketones is 1. The van der Waals surface area contributed by atoms with Gasteiger partial charge in [0.15, 0.2) is 11.5 Å². The summed E-state index contributed by atoms with van der Waals surface area (Å²) in [5.74, 6) is -0.860. The van der Waals surface area contributed by atoms with Crippen LogP contribution in [-0.2, 0) is 0 Å². The molecule has 0 fully saturated rings. The van der Waals surface area contributed by atoms with Crippen molar-refractivity contribution in [2.45, 2.75) is 13.3 Å². The quantitative estimate of drug-likeness (QED) is 0.673. The van der Waals surface area contributed by atoms with Gasteiger partial charge >= 0.3 is 0 Å². The number of Topliss-reactive ketones (excluding diaryl/α,β-unsaturated/α-hetero) is 1. The van der Waals surface area contributed by atoms with E-state index in [1.807, 2.05) is 0 Å². The van der Waals surface area contributed by atoms with Gasteiger partial charge in [0, 0.05) is 23.6 Å². The van der Waals surface area contributed by atoms with Crippen molar-refractivity contribution in [2.75, 3.05) is 5.32 Å². The zero-order chi connectivity index (χ0) is 17.1. The number of aromatic nitrogens is 1. The molecule has 122 valence electrons. The number of halogens is 2. The average molecular weight is 328 g/mol. The van der Waals surface area contributed by atoms with Gasteiger partial charge in [-0.05, 0) is 12.1 Å².